The molecule has 0 fully saturated rings. The predicted octanol–water partition coefficient (Wildman–Crippen LogP) is 5.86. The van der Waals surface area contributed by atoms with Crippen LogP contribution in [-0.2, 0) is 11.4 Å². The summed E-state index contributed by atoms with van der Waals surface area (Å²) in [5.74, 6) is 0.0831. The van der Waals surface area contributed by atoms with E-state index in [4.69, 9.17) is 0 Å². The highest BCUT2D eigenvalue weighted by Crippen LogP contribution is 2.53. The van der Waals surface area contributed by atoms with Crippen LogP contribution in [0.5, 0.6) is 0 Å². The molecule has 0 aromatic heterocycles. The van der Waals surface area contributed by atoms with Crippen LogP contribution < -0.4 is 0 Å². The maximum absolute atomic E-state index is 13.4. The van der Waals surface area contributed by atoms with Crippen LogP contribution in [0.4, 0.5) is 0 Å². The maximum Gasteiger partial charge on any atom is 0.255 e. The van der Waals surface area contributed by atoms with Gasteiger partial charge in [-0.05, 0) is 23.8 Å². The van der Waals surface area contributed by atoms with E-state index in [-0.39, 0.29) is 5.91 Å². The summed E-state index contributed by atoms with van der Waals surface area (Å²) >= 11 is 1.73. The Bertz CT molecular complexity index is 954. The van der Waals surface area contributed by atoms with E-state index in [0.717, 1.165) is 21.6 Å². The average molecular weight is 372 g/mol. The molecule has 0 spiro atoms. The third-order valence-corrected chi connectivity index (χ3v) is 6.35. The third-order valence-electron chi connectivity index (χ3n) is 4.89. The van der Waals surface area contributed by atoms with Gasteiger partial charge in [0.05, 0.1) is 0 Å². The van der Waals surface area contributed by atoms with E-state index in [1.165, 1.54) is 0 Å². The van der Waals surface area contributed by atoms with E-state index >= 15 is 0 Å². The maximum atomic E-state index is 13.4. The Morgan fingerprint density at radius 1 is 0.889 bits per heavy atom. The molecule has 2 nitrogen and oxygen atoms in total. The largest absolute Gasteiger partial charge is 0.315 e. The van der Waals surface area contributed by atoms with Gasteiger partial charge in [0.25, 0.3) is 5.91 Å². The highest BCUT2D eigenvalue weighted by Gasteiger charge is 2.49. The van der Waals surface area contributed by atoms with Crippen LogP contribution in [-0.4, -0.2) is 10.8 Å². The zero-order valence-electron chi connectivity index (χ0n) is 15.0. The molecule has 0 saturated heterocycles. The Hall–Kier alpha value is -2.78. The Morgan fingerprint density at radius 2 is 1.52 bits per heavy atom. The Balaban J connectivity index is 1.84. The number of rotatable bonds is 6. The number of benzene rings is 3. The van der Waals surface area contributed by atoms with Crippen molar-refractivity contribution < 1.29 is 4.79 Å². The van der Waals surface area contributed by atoms with Crippen LogP contribution >= 0.6 is 11.8 Å². The molecule has 3 aromatic carbocycles. The summed E-state index contributed by atoms with van der Waals surface area (Å²) < 4.78 is 0. The van der Waals surface area contributed by atoms with Gasteiger partial charge < -0.3 is 4.90 Å². The first-order valence-electron chi connectivity index (χ1n) is 9.05. The molecule has 4 rings (SSSR count). The Kier molecular flexibility index (Phi) is 4.87. The molecular weight excluding hydrogens is 350 g/mol. The lowest BCUT2D eigenvalue weighted by Gasteiger charge is -2.38. The number of hydrogen-bond acceptors (Lipinski definition) is 2. The summed E-state index contributed by atoms with van der Waals surface area (Å²) in [5, 5.41) is 0. The number of amides is 1. The summed E-state index contributed by atoms with van der Waals surface area (Å²) in [5.41, 5.74) is 2.99. The minimum Gasteiger partial charge on any atom is -0.315 e. The van der Waals surface area contributed by atoms with Crippen molar-refractivity contribution in [2.24, 2.45) is 0 Å². The molecule has 1 aliphatic heterocycles. The topological polar surface area (TPSA) is 20.3 Å². The van der Waals surface area contributed by atoms with Crippen molar-refractivity contribution in [3.05, 3.63) is 114 Å². The molecule has 1 heterocycles. The second-order valence-electron chi connectivity index (χ2n) is 6.61. The molecule has 134 valence electrons. The normalized spacial score (nSPS) is 18.4. The molecule has 27 heavy (non-hydrogen) atoms. The van der Waals surface area contributed by atoms with Crippen LogP contribution in [0.3, 0.4) is 0 Å². The predicted molar refractivity (Wildman–Crippen MR) is 112 cm³/mol. The van der Waals surface area contributed by atoms with Crippen LogP contribution in [0, 0.1) is 0 Å². The Labute approximate surface area is 164 Å². The van der Waals surface area contributed by atoms with E-state index < -0.39 is 4.87 Å². The first kappa shape index (κ1) is 17.6. The van der Waals surface area contributed by atoms with Crippen LogP contribution in [0.1, 0.15) is 27.9 Å². The van der Waals surface area contributed by atoms with Gasteiger partial charge in [0.1, 0.15) is 4.87 Å². The van der Waals surface area contributed by atoms with Gasteiger partial charge in [-0.1, -0.05) is 84.6 Å². The molecule has 0 N–H and O–H groups in total. The zero-order valence-corrected chi connectivity index (χ0v) is 15.9. The molecule has 3 heteroatoms. The smallest absolute Gasteiger partial charge is 0.255 e. The van der Waals surface area contributed by atoms with Gasteiger partial charge in [0.2, 0.25) is 0 Å². The second kappa shape index (κ2) is 7.45. The number of nitrogens with zero attached hydrogens (tertiary/aromatic N) is 1. The average Bonchev–Trinajstić information content (AvgIpc) is 2.93. The van der Waals surface area contributed by atoms with E-state index in [1.54, 1.807) is 11.8 Å². The first-order chi connectivity index (χ1) is 13.2. The van der Waals surface area contributed by atoms with Crippen LogP contribution in [0.25, 0.3) is 0 Å². The lowest BCUT2D eigenvalue weighted by molar-refractivity contribution is 0.0675. The van der Waals surface area contributed by atoms with Crippen molar-refractivity contribution in [3.8, 4) is 0 Å². The fraction of sp³-hybridized carbons (Fsp3) is 0.125. The van der Waals surface area contributed by atoms with Gasteiger partial charge in [0, 0.05) is 29.0 Å². The van der Waals surface area contributed by atoms with E-state index in [2.05, 4.69) is 36.9 Å². The summed E-state index contributed by atoms with van der Waals surface area (Å²) in [4.78, 5) is 16.0. The second-order valence-corrected chi connectivity index (χ2v) is 7.97. The lowest BCUT2D eigenvalue weighted by Crippen LogP contribution is -2.40. The summed E-state index contributed by atoms with van der Waals surface area (Å²) in [6.45, 7) is 4.57. The summed E-state index contributed by atoms with van der Waals surface area (Å²) in [6.07, 6.45) is 2.60. The highest BCUT2D eigenvalue weighted by atomic mass is 32.2. The summed E-state index contributed by atoms with van der Waals surface area (Å²) in [7, 11) is 0. The van der Waals surface area contributed by atoms with Crippen molar-refractivity contribution in [2.45, 2.75) is 22.7 Å². The number of carbonyl (C=O) groups is 1. The van der Waals surface area contributed by atoms with Gasteiger partial charge in [-0.25, -0.2) is 0 Å². The quantitative estimate of drug-likeness (QED) is 0.506. The van der Waals surface area contributed by atoms with Crippen molar-refractivity contribution in [3.63, 3.8) is 0 Å². The van der Waals surface area contributed by atoms with Crippen molar-refractivity contribution >= 4 is 17.7 Å². The number of fused-ring (bicyclic) bond motifs is 1. The van der Waals surface area contributed by atoms with Crippen molar-refractivity contribution in [1.82, 2.24) is 4.90 Å². The van der Waals surface area contributed by atoms with Gasteiger partial charge in [0.15, 0.2) is 0 Å². The monoisotopic (exact) mass is 371 g/mol. The number of hydrogen-bond donors (Lipinski definition) is 0. The van der Waals surface area contributed by atoms with E-state index in [1.807, 2.05) is 65.6 Å². The molecule has 1 aliphatic rings. The molecule has 0 aliphatic carbocycles. The molecule has 1 atom stereocenters. The SMILES string of the molecule is C=CCC1(Sc2ccccc2)c2ccccc2C(=O)N1Cc1ccccc1. The molecule has 3 aromatic rings. The zero-order chi connectivity index (χ0) is 18.7. The van der Waals surface area contributed by atoms with E-state index in [9.17, 15) is 4.79 Å². The standard InChI is InChI=1S/C24H21NOS/c1-2-17-24(27-20-13-7-4-8-14-20)22-16-10-9-15-21(22)23(26)25(24)18-19-11-5-3-6-12-19/h2-16H,1,17-18H2. The van der Waals surface area contributed by atoms with Gasteiger partial charge >= 0.3 is 0 Å². The number of thioether (sulfide) groups is 1. The van der Waals surface area contributed by atoms with Crippen LogP contribution in [0.2, 0.25) is 0 Å². The number of carbonyl (C=O) groups excluding carboxylic acids is 1. The highest BCUT2D eigenvalue weighted by molar-refractivity contribution is 8.00. The fourth-order valence-electron chi connectivity index (χ4n) is 3.68. The molecule has 0 radical (unpaired) electrons. The third kappa shape index (κ3) is 3.19. The Morgan fingerprint density at radius 3 is 2.22 bits per heavy atom. The molecule has 0 bridgehead atoms. The molecular formula is C24H21NOS. The van der Waals surface area contributed by atoms with Gasteiger partial charge in [-0.2, -0.15) is 0 Å². The van der Waals surface area contributed by atoms with Crippen LogP contribution in [0.15, 0.2) is 102 Å². The van der Waals surface area contributed by atoms with Gasteiger partial charge in [-0.3, -0.25) is 4.79 Å². The van der Waals surface area contributed by atoms with E-state index in [0.29, 0.717) is 13.0 Å². The van der Waals surface area contributed by atoms with Gasteiger partial charge in [-0.15, -0.1) is 6.58 Å². The fourth-order valence-corrected chi connectivity index (χ4v) is 5.11. The minimum atomic E-state index is -0.493. The van der Waals surface area contributed by atoms with Crippen molar-refractivity contribution in [1.29, 1.82) is 0 Å². The molecule has 1 amide bonds. The molecule has 1 unspecified atom stereocenters. The minimum absolute atomic E-state index is 0.0831. The first-order valence-corrected chi connectivity index (χ1v) is 9.86. The molecule has 0 saturated carbocycles. The summed E-state index contributed by atoms with van der Waals surface area (Å²) in [6, 6.07) is 28.4. The van der Waals surface area contributed by atoms with Crippen molar-refractivity contribution in [2.75, 3.05) is 0 Å². The lowest BCUT2D eigenvalue weighted by atomic mass is 10.0.